The molecule has 1 rings (SSSR count). The van der Waals surface area contributed by atoms with E-state index in [4.69, 9.17) is 0 Å². The molecule has 1 N–H and O–H groups in total. The molecule has 0 spiro atoms. The Hall–Kier alpha value is -0.620. The van der Waals surface area contributed by atoms with Gasteiger partial charge in [-0.3, -0.25) is 4.79 Å². The van der Waals surface area contributed by atoms with E-state index < -0.39 is 15.4 Å². The summed E-state index contributed by atoms with van der Waals surface area (Å²) in [4.78, 5) is 13.1. The van der Waals surface area contributed by atoms with Crippen molar-refractivity contribution < 1.29 is 18.3 Å². The molecule has 1 fully saturated rings. The fourth-order valence-corrected chi connectivity index (χ4v) is 2.73. The first-order valence-corrected chi connectivity index (χ1v) is 7.92. The van der Waals surface area contributed by atoms with Gasteiger partial charge in [0.2, 0.25) is 5.91 Å². The molecule has 1 aliphatic carbocycles. The molecule has 0 bridgehead atoms. The van der Waals surface area contributed by atoms with Gasteiger partial charge in [0.05, 0.1) is 11.4 Å². The van der Waals surface area contributed by atoms with E-state index in [0.29, 0.717) is 6.54 Å². The number of carbonyl (C=O) groups is 1. The van der Waals surface area contributed by atoms with Gasteiger partial charge in [-0.1, -0.05) is 12.8 Å². The van der Waals surface area contributed by atoms with Crippen molar-refractivity contribution >= 4 is 15.7 Å². The summed E-state index contributed by atoms with van der Waals surface area (Å²) in [7, 11) is -1.49. The predicted octanol–water partition coefficient (Wildman–Crippen LogP) is 0.185. The van der Waals surface area contributed by atoms with Gasteiger partial charge < -0.3 is 10.0 Å². The molecular formula is C11H21NO4S. The van der Waals surface area contributed by atoms with Crippen molar-refractivity contribution in [3.8, 4) is 0 Å². The average molecular weight is 263 g/mol. The van der Waals surface area contributed by atoms with E-state index >= 15 is 0 Å². The molecule has 5 nitrogen and oxygen atoms in total. The van der Waals surface area contributed by atoms with Crippen molar-refractivity contribution in [3.63, 3.8) is 0 Å². The van der Waals surface area contributed by atoms with Crippen LogP contribution in [0.4, 0.5) is 0 Å². The lowest BCUT2D eigenvalue weighted by Crippen LogP contribution is -2.42. The third-order valence-electron chi connectivity index (χ3n) is 3.18. The highest BCUT2D eigenvalue weighted by molar-refractivity contribution is 7.90. The zero-order chi connectivity index (χ0) is 13.1. The van der Waals surface area contributed by atoms with Crippen molar-refractivity contribution in [2.24, 2.45) is 0 Å². The Morgan fingerprint density at radius 1 is 1.35 bits per heavy atom. The Morgan fingerprint density at radius 2 is 1.88 bits per heavy atom. The molecule has 0 aliphatic heterocycles. The molecule has 0 radical (unpaired) electrons. The minimum Gasteiger partial charge on any atom is -0.388 e. The third-order valence-corrected chi connectivity index (χ3v) is 4.12. The van der Waals surface area contributed by atoms with Gasteiger partial charge in [0.25, 0.3) is 0 Å². The second kappa shape index (κ2) is 5.35. The molecule has 0 aromatic rings. The van der Waals surface area contributed by atoms with Gasteiger partial charge in [-0.15, -0.1) is 0 Å². The van der Waals surface area contributed by atoms with E-state index in [9.17, 15) is 18.3 Å². The van der Waals surface area contributed by atoms with E-state index in [2.05, 4.69) is 0 Å². The Bertz CT molecular complexity index is 371. The molecular weight excluding hydrogens is 242 g/mol. The van der Waals surface area contributed by atoms with Crippen LogP contribution in [0.3, 0.4) is 0 Å². The summed E-state index contributed by atoms with van der Waals surface area (Å²) in [5.74, 6) is -0.357. The van der Waals surface area contributed by atoms with Crippen LogP contribution in [0.25, 0.3) is 0 Å². The van der Waals surface area contributed by atoms with Gasteiger partial charge in [-0.2, -0.15) is 0 Å². The number of hydrogen-bond donors (Lipinski definition) is 1. The van der Waals surface area contributed by atoms with Crippen LogP contribution in [0.5, 0.6) is 0 Å². The molecule has 0 saturated heterocycles. The SMILES string of the molecule is CN(CC1(O)CCCC1)C(=O)CCS(C)(=O)=O. The van der Waals surface area contributed by atoms with Gasteiger partial charge in [-0.05, 0) is 12.8 Å². The first kappa shape index (κ1) is 14.4. The molecule has 1 amide bonds. The number of sulfone groups is 1. The Kier molecular flexibility index (Phi) is 4.55. The summed E-state index contributed by atoms with van der Waals surface area (Å²) in [5.41, 5.74) is -0.768. The zero-order valence-electron chi connectivity index (χ0n) is 10.5. The molecule has 0 unspecified atom stereocenters. The predicted molar refractivity (Wildman–Crippen MR) is 65.4 cm³/mol. The van der Waals surface area contributed by atoms with Crippen molar-refractivity contribution in [2.75, 3.05) is 25.6 Å². The summed E-state index contributed by atoms with van der Waals surface area (Å²) >= 11 is 0. The smallest absolute Gasteiger partial charge is 0.223 e. The van der Waals surface area contributed by atoms with Gasteiger partial charge in [0, 0.05) is 26.3 Å². The number of aliphatic hydroxyl groups is 1. The Labute approximate surface area is 103 Å². The topological polar surface area (TPSA) is 74.7 Å². The van der Waals surface area contributed by atoms with Gasteiger partial charge >= 0.3 is 0 Å². The largest absolute Gasteiger partial charge is 0.388 e. The molecule has 1 saturated carbocycles. The van der Waals surface area contributed by atoms with E-state index in [1.54, 1.807) is 7.05 Å². The van der Waals surface area contributed by atoms with Gasteiger partial charge in [0.1, 0.15) is 9.84 Å². The number of amides is 1. The molecule has 1 aliphatic rings. The normalized spacial score (nSPS) is 19.2. The molecule has 0 heterocycles. The van der Waals surface area contributed by atoms with Crippen LogP contribution in [-0.4, -0.2) is 55.5 Å². The lowest BCUT2D eigenvalue weighted by atomic mass is 10.0. The highest BCUT2D eigenvalue weighted by Gasteiger charge is 2.33. The van der Waals surface area contributed by atoms with Crippen molar-refractivity contribution in [2.45, 2.75) is 37.7 Å². The first-order valence-electron chi connectivity index (χ1n) is 5.86. The highest BCUT2D eigenvalue weighted by atomic mass is 32.2. The summed E-state index contributed by atoms with van der Waals surface area (Å²) in [6.07, 6.45) is 4.52. The Balaban J connectivity index is 2.41. The molecule has 0 aromatic heterocycles. The maximum Gasteiger partial charge on any atom is 0.223 e. The van der Waals surface area contributed by atoms with Crippen LogP contribution >= 0.6 is 0 Å². The van der Waals surface area contributed by atoms with E-state index in [1.807, 2.05) is 0 Å². The maximum absolute atomic E-state index is 11.7. The molecule has 0 aromatic carbocycles. The quantitative estimate of drug-likeness (QED) is 0.768. The number of carbonyl (C=O) groups excluding carboxylic acids is 1. The lowest BCUT2D eigenvalue weighted by molar-refractivity contribution is -0.132. The van der Waals surface area contributed by atoms with Crippen molar-refractivity contribution in [1.82, 2.24) is 4.90 Å². The zero-order valence-corrected chi connectivity index (χ0v) is 11.3. The first-order chi connectivity index (χ1) is 7.72. The van der Waals surface area contributed by atoms with Crippen molar-refractivity contribution in [3.05, 3.63) is 0 Å². The van der Waals surface area contributed by atoms with E-state index in [-0.39, 0.29) is 18.1 Å². The fourth-order valence-electron chi connectivity index (χ4n) is 2.18. The number of rotatable bonds is 5. The Morgan fingerprint density at radius 3 is 2.35 bits per heavy atom. The lowest BCUT2D eigenvalue weighted by Gasteiger charge is -2.28. The van der Waals surface area contributed by atoms with Crippen LogP contribution < -0.4 is 0 Å². The number of likely N-dealkylation sites (N-methyl/N-ethyl adjacent to an activating group) is 1. The summed E-state index contributed by atoms with van der Waals surface area (Å²) in [5, 5.41) is 10.1. The number of nitrogens with zero attached hydrogens (tertiary/aromatic N) is 1. The van der Waals surface area contributed by atoms with Crippen LogP contribution in [0.15, 0.2) is 0 Å². The van der Waals surface area contributed by atoms with Gasteiger partial charge in [0.15, 0.2) is 0 Å². The van der Waals surface area contributed by atoms with Crippen LogP contribution in [0.2, 0.25) is 0 Å². The molecule has 100 valence electrons. The minimum atomic E-state index is -3.11. The molecule has 0 atom stereocenters. The van der Waals surface area contributed by atoms with E-state index in [0.717, 1.165) is 31.9 Å². The van der Waals surface area contributed by atoms with E-state index in [1.165, 1.54) is 4.90 Å². The monoisotopic (exact) mass is 263 g/mol. The maximum atomic E-state index is 11.7. The van der Waals surface area contributed by atoms with Crippen LogP contribution in [-0.2, 0) is 14.6 Å². The standard InChI is InChI=1S/C11H21NO4S/c1-12(9-11(14)6-3-4-7-11)10(13)5-8-17(2,15)16/h14H,3-9H2,1-2H3. The molecule has 6 heteroatoms. The second-order valence-corrected chi connectivity index (χ2v) is 7.32. The second-order valence-electron chi connectivity index (χ2n) is 5.06. The number of hydrogen-bond acceptors (Lipinski definition) is 4. The summed E-state index contributed by atoms with van der Waals surface area (Å²) < 4.78 is 21.9. The molecule has 17 heavy (non-hydrogen) atoms. The van der Waals surface area contributed by atoms with Crippen LogP contribution in [0.1, 0.15) is 32.1 Å². The van der Waals surface area contributed by atoms with Crippen LogP contribution in [0, 0.1) is 0 Å². The van der Waals surface area contributed by atoms with Crippen molar-refractivity contribution in [1.29, 1.82) is 0 Å². The third kappa shape index (κ3) is 5.04. The summed E-state index contributed by atoms with van der Waals surface area (Å²) in [6, 6.07) is 0. The average Bonchev–Trinajstić information content (AvgIpc) is 2.60. The highest BCUT2D eigenvalue weighted by Crippen LogP contribution is 2.29. The van der Waals surface area contributed by atoms with Gasteiger partial charge in [-0.25, -0.2) is 8.42 Å². The summed E-state index contributed by atoms with van der Waals surface area (Å²) in [6.45, 7) is 0.301. The minimum absolute atomic E-state index is 0.00852. The fraction of sp³-hybridized carbons (Fsp3) is 0.909.